The van der Waals surface area contributed by atoms with Crippen LogP contribution >= 0.6 is 0 Å². The quantitative estimate of drug-likeness (QED) is 0.0262. The molecule has 0 amide bonds. The summed E-state index contributed by atoms with van der Waals surface area (Å²) in [6.45, 7) is 6.34. The Kier molecular flexibility index (Phi) is 53.0. The van der Waals surface area contributed by atoms with Gasteiger partial charge in [-0.3, -0.25) is 14.4 Å². The lowest BCUT2D eigenvalue weighted by Gasteiger charge is -2.18. The number of ether oxygens (including phenoxy) is 3. The fourth-order valence-electron chi connectivity index (χ4n) is 7.28. The molecular weight excluding hydrogens is 853 g/mol. The molecule has 390 valence electrons. The minimum absolute atomic E-state index is 0.109. The zero-order chi connectivity index (χ0) is 50.0. The van der Waals surface area contributed by atoms with E-state index in [0.29, 0.717) is 19.3 Å². The summed E-state index contributed by atoms with van der Waals surface area (Å²) < 4.78 is 16.8. The Balaban J connectivity index is 4.53. The van der Waals surface area contributed by atoms with Gasteiger partial charge in [-0.15, -0.1) is 0 Å². The van der Waals surface area contributed by atoms with Gasteiger partial charge in [-0.25, -0.2) is 0 Å². The smallest absolute Gasteiger partial charge is 0.306 e. The Morgan fingerprint density at radius 2 is 0.565 bits per heavy atom. The lowest BCUT2D eigenvalue weighted by atomic mass is 10.1. The van der Waals surface area contributed by atoms with Crippen LogP contribution in [0.5, 0.6) is 0 Å². The summed E-state index contributed by atoms with van der Waals surface area (Å²) in [7, 11) is 0. The van der Waals surface area contributed by atoms with E-state index in [9.17, 15) is 14.4 Å². The molecule has 1 unspecified atom stereocenters. The van der Waals surface area contributed by atoms with Crippen molar-refractivity contribution < 1.29 is 28.6 Å². The maximum Gasteiger partial charge on any atom is 0.306 e. The van der Waals surface area contributed by atoms with Crippen molar-refractivity contribution in [2.75, 3.05) is 13.2 Å². The second-order valence-corrected chi connectivity index (χ2v) is 18.1. The molecule has 0 aliphatic heterocycles. The second-order valence-electron chi connectivity index (χ2n) is 18.1. The normalized spacial score (nSPS) is 13.0. The predicted molar refractivity (Wildman–Crippen MR) is 297 cm³/mol. The van der Waals surface area contributed by atoms with Crippen molar-refractivity contribution in [2.24, 2.45) is 0 Å². The van der Waals surface area contributed by atoms with Crippen LogP contribution in [0.15, 0.2) is 122 Å². The summed E-state index contributed by atoms with van der Waals surface area (Å²) in [6, 6.07) is 0. The standard InChI is InChI=1S/C63H102O6/c1-4-7-10-13-16-19-22-25-28-31-32-33-36-38-41-44-47-50-53-56-62(65)68-59-60(69-63(66)57-54-51-48-45-42-39-35-30-27-24-21-18-15-12-9-6-3)58-67-61(64)55-52-49-46-43-40-37-34-29-26-23-20-17-14-11-8-5-2/h7,9-10,12,16,18-19,21,25,27-30,32-34,38-39,41-42,60H,4-6,8,11,13-15,17,20,22-24,26,31,35-37,40,43-59H2,1-3H3/b10-7-,12-9-,19-16-,21-18-,28-25-,30-27-,33-32-,34-29-,41-38-,42-39-. The van der Waals surface area contributed by atoms with Gasteiger partial charge in [-0.1, -0.05) is 213 Å². The van der Waals surface area contributed by atoms with Crippen molar-refractivity contribution in [3.63, 3.8) is 0 Å². The van der Waals surface area contributed by atoms with Gasteiger partial charge in [0.1, 0.15) is 13.2 Å². The molecule has 69 heavy (non-hydrogen) atoms. The van der Waals surface area contributed by atoms with Crippen LogP contribution in [0.4, 0.5) is 0 Å². The first kappa shape index (κ1) is 64.8. The Labute approximate surface area is 424 Å². The van der Waals surface area contributed by atoms with Gasteiger partial charge < -0.3 is 14.2 Å². The first-order valence-corrected chi connectivity index (χ1v) is 28.0. The third-order valence-corrected chi connectivity index (χ3v) is 11.4. The summed E-state index contributed by atoms with van der Waals surface area (Å²) in [5.74, 6) is -0.985. The highest BCUT2D eigenvalue weighted by molar-refractivity contribution is 5.71. The van der Waals surface area contributed by atoms with Crippen LogP contribution in [0.25, 0.3) is 0 Å². The fraction of sp³-hybridized carbons (Fsp3) is 0.635. The molecule has 0 radical (unpaired) electrons. The van der Waals surface area contributed by atoms with E-state index in [1.54, 1.807) is 0 Å². The monoisotopic (exact) mass is 955 g/mol. The molecule has 0 aromatic rings. The molecular formula is C63H102O6. The number of hydrogen-bond donors (Lipinski definition) is 0. The molecule has 0 fully saturated rings. The lowest BCUT2D eigenvalue weighted by molar-refractivity contribution is -0.167. The largest absolute Gasteiger partial charge is 0.462 e. The first-order valence-electron chi connectivity index (χ1n) is 28.0. The molecule has 0 rings (SSSR count). The number of rotatable bonds is 49. The minimum Gasteiger partial charge on any atom is -0.462 e. The zero-order valence-corrected chi connectivity index (χ0v) is 44.5. The van der Waals surface area contributed by atoms with Crippen molar-refractivity contribution in [3.05, 3.63) is 122 Å². The van der Waals surface area contributed by atoms with Crippen LogP contribution in [-0.4, -0.2) is 37.2 Å². The van der Waals surface area contributed by atoms with Gasteiger partial charge in [0.25, 0.3) is 0 Å². The molecule has 6 nitrogen and oxygen atoms in total. The number of carbonyl (C=O) groups excluding carboxylic acids is 3. The highest BCUT2D eigenvalue weighted by atomic mass is 16.6. The molecule has 1 atom stereocenters. The van der Waals surface area contributed by atoms with Crippen LogP contribution in [0.3, 0.4) is 0 Å². The molecule has 0 heterocycles. The number of carbonyl (C=O) groups is 3. The molecule has 0 aliphatic rings. The molecule has 0 N–H and O–H groups in total. The number of hydrogen-bond acceptors (Lipinski definition) is 6. The van der Waals surface area contributed by atoms with Gasteiger partial charge in [0.15, 0.2) is 6.10 Å². The van der Waals surface area contributed by atoms with Gasteiger partial charge in [-0.05, 0) is 128 Å². The average Bonchev–Trinajstić information content (AvgIpc) is 3.35. The zero-order valence-electron chi connectivity index (χ0n) is 44.5. The first-order chi connectivity index (χ1) is 34.0. The van der Waals surface area contributed by atoms with Gasteiger partial charge in [-0.2, -0.15) is 0 Å². The Bertz CT molecular complexity index is 1470. The van der Waals surface area contributed by atoms with E-state index >= 15 is 0 Å². The van der Waals surface area contributed by atoms with Crippen molar-refractivity contribution in [2.45, 2.75) is 245 Å². The number of unbranched alkanes of at least 4 members (excludes halogenated alkanes) is 18. The third-order valence-electron chi connectivity index (χ3n) is 11.4. The topological polar surface area (TPSA) is 78.9 Å². The summed E-state index contributed by atoms with van der Waals surface area (Å²) >= 11 is 0. The molecule has 6 heteroatoms. The summed E-state index contributed by atoms with van der Waals surface area (Å²) in [6.07, 6.45) is 77.5. The average molecular weight is 956 g/mol. The van der Waals surface area contributed by atoms with Crippen LogP contribution in [0.1, 0.15) is 239 Å². The van der Waals surface area contributed by atoms with E-state index in [0.717, 1.165) is 135 Å². The van der Waals surface area contributed by atoms with Crippen molar-refractivity contribution in [1.82, 2.24) is 0 Å². The van der Waals surface area contributed by atoms with E-state index < -0.39 is 6.10 Å². The summed E-state index contributed by atoms with van der Waals surface area (Å²) in [5.41, 5.74) is 0. The minimum atomic E-state index is -0.816. The van der Waals surface area contributed by atoms with Crippen molar-refractivity contribution in [3.8, 4) is 0 Å². The Hall–Kier alpha value is -4.19. The molecule has 0 aliphatic carbocycles. The number of esters is 3. The van der Waals surface area contributed by atoms with Gasteiger partial charge >= 0.3 is 17.9 Å². The predicted octanol–water partition coefficient (Wildman–Crippen LogP) is 18.9. The van der Waals surface area contributed by atoms with Crippen molar-refractivity contribution in [1.29, 1.82) is 0 Å². The Morgan fingerprint density at radius 1 is 0.304 bits per heavy atom. The summed E-state index contributed by atoms with van der Waals surface area (Å²) in [5, 5.41) is 0. The number of allylic oxidation sites excluding steroid dienone is 20. The molecule has 0 aromatic carbocycles. The van der Waals surface area contributed by atoms with Crippen LogP contribution in [0.2, 0.25) is 0 Å². The fourth-order valence-corrected chi connectivity index (χ4v) is 7.28. The van der Waals surface area contributed by atoms with E-state index in [1.165, 1.54) is 57.8 Å². The van der Waals surface area contributed by atoms with E-state index in [4.69, 9.17) is 14.2 Å². The highest BCUT2D eigenvalue weighted by Crippen LogP contribution is 2.13. The van der Waals surface area contributed by atoms with E-state index in [1.807, 2.05) is 0 Å². The molecule has 0 saturated carbocycles. The third kappa shape index (κ3) is 54.6. The maximum absolute atomic E-state index is 12.8. The lowest BCUT2D eigenvalue weighted by Crippen LogP contribution is -2.30. The SMILES string of the molecule is CC/C=C\C/C=C\C/C=C\C/C=C\C/C=C\CCCCCC(=O)OCC(COC(=O)CCCCCCC/C=C\CCCCCCCCC)OC(=O)CCCCC/C=C\C/C=C\C/C=C\C/C=C\CC. The van der Waals surface area contributed by atoms with Crippen LogP contribution in [-0.2, 0) is 28.6 Å². The second kappa shape index (κ2) is 56.4. The van der Waals surface area contributed by atoms with E-state index in [-0.39, 0.29) is 37.5 Å². The molecule has 0 spiro atoms. The van der Waals surface area contributed by atoms with Gasteiger partial charge in [0, 0.05) is 19.3 Å². The van der Waals surface area contributed by atoms with E-state index in [2.05, 4.69) is 142 Å². The van der Waals surface area contributed by atoms with Crippen LogP contribution < -0.4 is 0 Å². The van der Waals surface area contributed by atoms with Crippen molar-refractivity contribution >= 4 is 17.9 Å². The van der Waals surface area contributed by atoms with Gasteiger partial charge in [0.05, 0.1) is 0 Å². The molecule has 0 bridgehead atoms. The maximum atomic E-state index is 12.8. The van der Waals surface area contributed by atoms with Crippen LogP contribution in [0, 0.1) is 0 Å². The summed E-state index contributed by atoms with van der Waals surface area (Å²) in [4.78, 5) is 38.1. The molecule has 0 saturated heterocycles. The van der Waals surface area contributed by atoms with Gasteiger partial charge in [0.2, 0.25) is 0 Å². The Morgan fingerprint density at radius 3 is 0.913 bits per heavy atom. The molecule has 0 aromatic heterocycles. The highest BCUT2D eigenvalue weighted by Gasteiger charge is 2.19.